The lowest BCUT2D eigenvalue weighted by Crippen LogP contribution is -2.14. The molecular formula is C13H9BrClFN2O. The van der Waals surface area contributed by atoms with Gasteiger partial charge in [-0.1, -0.05) is 17.7 Å². The third-order valence-corrected chi connectivity index (χ3v) is 3.46. The minimum absolute atomic E-state index is 0.208. The van der Waals surface area contributed by atoms with Crippen molar-refractivity contribution in [3.8, 4) is 0 Å². The smallest absolute Gasteiger partial charge is 0.257 e. The molecule has 0 aliphatic rings. The second-order valence-corrected chi connectivity index (χ2v) is 5.04. The Morgan fingerprint density at radius 3 is 2.74 bits per heavy atom. The van der Waals surface area contributed by atoms with Crippen molar-refractivity contribution in [3.63, 3.8) is 0 Å². The first kappa shape index (κ1) is 13.8. The van der Waals surface area contributed by atoms with Gasteiger partial charge in [-0.3, -0.25) is 4.79 Å². The molecule has 0 aromatic heterocycles. The SMILES string of the molecule is Nc1c(Cl)cccc1C(=O)Nc1ccc(F)cc1Br. The molecule has 0 saturated heterocycles. The van der Waals surface area contributed by atoms with Crippen molar-refractivity contribution in [1.29, 1.82) is 0 Å². The highest BCUT2D eigenvalue weighted by molar-refractivity contribution is 9.10. The van der Waals surface area contributed by atoms with Crippen LogP contribution in [-0.4, -0.2) is 5.91 Å². The molecule has 0 aliphatic carbocycles. The summed E-state index contributed by atoms with van der Waals surface area (Å²) in [7, 11) is 0. The van der Waals surface area contributed by atoms with E-state index in [9.17, 15) is 9.18 Å². The molecule has 0 saturated carbocycles. The third-order valence-electron chi connectivity index (χ3n) is 2.48. The predicted octanol–water partition coefficient (Wildman–Crippen LogP) is 4.08. The van der Waals surface area contributed by atoms with Gasteiger partial charge in [0.25, 0.3) is 5.91 Å². The fourth-order valence-electron chi connectivity index (χ4n) is 1.52. The van der Waals surface area contributed by atoms with Crippen molar-refractivity contribution in [2.75, 3.05) is 11.1 Å². The molecule has 6 heteroatoms. The van der Waals surface area contributed by atoms with E-state index in [2.05, 4.69) is 21.2 Å². The lowest BCUT2D eigenvalue weighted by atomic mass is 10.1. The van der Waals surface area contributed by atoms with Gasteiger partial charge in [0.2, 0.25) is 0 Å². The van der Waals surface area contributed by atoms with Gasteiger partial charge in [0, 0.05) is 4.47 Å². The van der Waals surface area contributed by atoms with Gasteiger partial charge in [-0.2, -0.15) is 0 Å². The second-order valence-electron chi connectivity index (χ2n) is 3.78. The quantitative estimate of drug-likeness (QED) is 0.807. The third kappa shape index (κ3) is 3.05. The van der Waals surface area contributed by atoms with Crippen LogP contribution in [-0.2, 0) is 0 Å². The molecule has 3 N–H and O–H groups in total. The van der Waals surface area contributed by atoms with Gasteiger partial charge in [0.15, 0.2) is 0 Å². The van der Waals surface area contributed by atoms with Gasteiger partial charge >= 0.3 is 0 Å². The number of carbonyl (C=O) groups is 1. The van der Waals surface area contributed by atoms with Crippen LogP contribution >= 0.6 is 27.5 Å². The van der Waals surface area contributed by atoms with Gasteiger partial charge in [-0.15, -0.1) is 0 Å². The number of amides is 1. The van der Waals surface area contributed by atoms with Crippen molar-refractivity contribution in [3.05, 3.63) is 57.3 Å². The average molecular weight is 344 g/mol. The molecule has 2 rings (SSSR count). The molecule has 0 spiro atoms. The van der Waals surface area contributed by atoms with Gasteiger partial charge < -0.3 is 11.1 Å². The van der Waals surface area contributed by atoms with E-state index in [0.717, 1.165) is 0 Å². The zero-order valence-corrected chi connectivity index (χ0v) is 11.9. The van der Waals surface area contributed by atoms with E-state index in [0.29, 0.717) is 15.2 Å². The number of rotatable bonds is 2. The number of para-hydroxylation sites is 1. The number of halogens is 3. The molecule has 0 heterocycles. The standard InChI is InChI=1S/C13H9BrClFN2O/c14-9-6-7(16)4-5-11(9)18-13(19)8-2-1-3-10(15)12(8)17/h1-6H,17H2,(H,18,19). The van der Waals surface area contributed by atoms with Crippen LogP contribution < -0.4 is 11.1 Å². The molecule has 2 aromatic rings. The number of nitrogens with two attached hydrogens (primary N) is 1. The first-order chi connectivity index (χ1) is 8.99. The fraction of sp³-hybridized carbons (Fsp3) is 0. The van der Waals surface area contributed by atoms with Crippen LogP contribution in [0.4, 0.5) is 15.8 Å². The number of hydrogen-bond donors (Lipinski definition) is 2. The van der Waals surface area contributed by atoms with Gasteiger partial charge in [-0.25, -0.2) is 4.39 Å². The highest BCUT2D eigenvalue weighted by atomic mass is 79.9. The number of carbonyl (C=O) groups excluding carboxylic acids is 1. The van der Waals surface area contributed by atoms with Crippen molar-refractivity contribution in [1.82, 2.24) is 0 Å². The summed E-state index contributed by atoms with van der Waals surface area (Å²) in [5, 5.41) is 2.94. The first-order valence-electron chi connectivity index (χ1n) is 5.29. The Kier molecular flexibility index (Phi) is 4.07. The summed E-state index contributed by atoms with van der Waals surface area (Å²) in [6.45, 7) is 0. The minimum atomic E-state index is -0.410. The Bertz CT molecular complexity index is 649. The fourth-order valence-corrected chi connectivity index (χ4v) is 2.14. The Balaban J connectivity index is 2.28. The highest BCUT2D eigenvalue weighted by Gasteiger charge is 2.13. The van der Waals surface area contributed by atoms with E-state index in [4.69, 9.17) is 17.3 Å². The lowest BCUT2D eigenvalue weighted by molar-refractivity contribution is 0.102. The molecule has 0 bridgehead atoms. The van der Waals surface area contributed by atoms with E-state index in [1.54, 1.807) is 18.2 Å². The van der Waals surface area contributed by atoms with Crippen molar-refractivity contribution < 1.29 is 9.18 Å². The van der Waals surface area contributed by atoms with Crippen LogP contribution in [0.5, 0.6) is 0 Å². The Labute approximate surface area is 122 Å². The monoisotopic (exact) mass is 342 g/mol. The highest BCUT2D eigenvalue weighted by Crippen LogP contribution is 2.26. The average Bonchev–Trinajstić information content (AvgIpc) is 2.36. The van der Waals surface area contributed by atoms with Crippen molar-refractivity contribution >= 4 is 44.8 Å². The zero-order valence-electron chi connectivity index (χ0n) is 9.58. The molecule has 0 radical (unpaired) electrons. The number of nitrogens with one attached hydrogen (secondary N) is 1. The summed E-state index contributed by atoms with van der Waals surface area (Å²) in [5.74, 6) is -0.806. The summed E-state index contributed by atoms with van der Waals surface area (Å²) in [4.78, 5) is 12.1. The van der Waals surface area contributed by atoms with Crippen LogP contribution in [0.1, 0.15) is 10.4 Å². The van der Waals surface area contributed by atoms with Crippen LogP contribution in [0.2, 0.25) is 5.02 Å². The largest absolute Gasteiger partial charge is 0.397 e. The van der Waals surface area contributed by atoms with E-state index >= 15 is 0 Å². The van der Waals surface area contributed by atoms with Crippen molar-refractivity contribution in [2.24, 2.45) is 0 Å². The molecule has 2 aromatic carbocycles. The van der Waals surface area contributed by atoms with Crippen LogP contribution in [0.15, 0.2) is 40.9 Å². The van der Waals surface area contributed by atoms with Gasteiger partial charge in [0.1, 0.15) is 5.82 Å². The van der Waals surface area contributed by atoms with E-state index < -0.39 is 11.7 Å². The minimum Gasteiger partial charge on any atom is -0.397 e. The lowest BCUT2D eigenvalue weighted by Gasteiger charge is -2.10. The van der Waals surface area contributed by atoms with Crippen LogP contribution in [0.25, 0.3) is 0 Å². The molecule has 0 fully saturated rings. The summed E-state index contributed by atoms with van der Waals surface area (Å²) < 4.78 is 13.4. The maximum Gasteiger partial charge on any atom is 0.257 e. The van der Waals surface area contributed by atoms with E-state index in [1.165, 1.54) is 18.2 Å². The van der Waals surface area contributed by atoms with Crippen molar-refractivity contribution in [2.45, 2.75) is 0 Å². The second kappa shape index (κ2) is 5.59. The van der Waals surface area contributed by atoms with Crippen LogP contribution in [0.3, 0.4) is 0 Å². The molecule has 98 valence electrons. The Morgan fingerprint density at radius 1 is 1.32 bits per heavy atom. The maximum absolute atomic E-state index is 12.9. The molecule has 0 unspecified atom stereocenters. The summed E-state index contributed by atoms with van der Waals surface area (Å²) in [6, 6.07) is 8.76. The first-order valence-corrected chi connectivity index (χ1v) is 6.46. The molecule has 1 amide bonds. The number of nitrogen functional groups attached to an aromatic ring is 1. The predicted molar refractivity (Wildman–Crippen MR) is 77.9 cm³/mol. The Hall–Kier alpha value is -1.59. The topological polar surface area (TPSA) is 55.1 Å². The molecule has 0 atom stereocenters. The molecular weight excluding hydrogens is 335 g/mol. The van der Waals surface area contributed by atoms with Crippen LogP contribution in [0, 0.1) is 5.82 Å². The summed E-state index contributed by atoms with van der Waals surface area (Å²) in [6.07, 6.45) is 0. The summed E-state index contributed by atoms with van der Waals surface area (Å²) >= 11 is 9.02. The molecule has 0 aliphatic heterocycles. The molecule has 19 heavy (non-hydrogen) atoms. The Morgan fingerprint density at radius 2 is 2.05 bits per heavy atom. The van der Waals surface area contributed by atoms with E-state index in [1.807, 2.05) is 0 Å². The number of anilines is 2. The maximum atomic E-state index is 12.9. The normalized spacial score (nSPS) is 10.3. The zero-order chi connectivity index (χ0) is 14.0. The van der Waals surface area contributed by atoms with E-state index in [-0.39, 0.29) is 11.3 Å². The van der Waals surface area contributed by atoms with Gasteiger partial charge in [0.05, 0.1) is 22.0 Å². The number of benzene rings is 2. The van der Waals surface area contributed by atoms with Gasteiger partial charge in [-0.05, 0) is 46.3 Å². The molecule has 3 nitrogen and oxygen atoms in total. The number of hydrogen-bond acceptors (Lipinski definition) is 2. The summed E-state index contributed by atoms with van der Waals surface area (Å²) in [5.41, 5.74) is 6.66.